The van der Waals surface area contributed by atoms with Gasteiger partial charge in [0.25, 0.3) is 5.56 Å². The molecule has 2 fully saturated rings. The highest BCUT2D eigenvalue weighted by Gasteiger charge is 2.46. The lowest BCUT2D eigenvalue weighted by Gasteiger charge is -2.37. The minimum absolute atomic E-state index is 0.0684. The van der Waals surface area contributed by atoms with Crippen molar-refractivity contribution in [3.63, 3.8) is 0 Å². The van der Waals surface area contributed by atoms with Crippen LogP contribution in [0.5, 0.6) is 0 Å². The van der Waals surface area contributed by atoms with E-state index in [1.807, 2.05) is 12.1 Å². The van der Waals surface area contributed by atoms with Gasteiger partial charge in [-0.2, -0.15) is 0 Å². The van der Waals surface area contributed by atoms with Crippen molar-refractivity contribution in [2.75, 3.05) is 19.6 Å². The van der Waals surface area contributed by atoms with Gasteiger partial charge in [-0.1, -0.05) is 24.3 Å². The third kappa shape index (κ3) is 3.73. The fourth-order valence-corrected chi connectivity index (χ4v) is 3.85. The molecule has 0 bridgehead atoms. The van der Waals surface area contributed by atoms with Gasteiger partial charge in [0.15, 0.2) is 0 Å². The number of hydrogen-bond donors (Lipinski definition) is 1. The molecule has 0 saturated carbocycles. The van der Waals surface area contributed by atoms with Crippen LogP contribution in [0.3, 0.4) is 0 Å². The molecule has 1 aromatic heterocycles. The Balaban J connectivity index is 1.37. The van der Waals surface area contributed by atoms with Crippen molar-refractivity contribution in [3.05, 3.63) is 69.9 Å². The average molecular weight is 371 g/mol. The number of ether oxygens (including phenoxy) is 1. The number of amides is 1. The van der Waals surface area contributed by atoms with Gasteiger partial charge in [0.05, 0.1) is 13.1 Å². The van der Waals surface area contributed by atoms with E-state index in [1.165, 1.54) is 6.07 Å². The Morgan fingerprint density at radius 2 is 1.78 bits per heavy atom. The number of rotatable bonds is 4. The molecule has 2 aliphatic rings. The summed E-state index contributed by atoms with van der Waals surface area (Å²) in [6.45, 7) is 2.76. The fraction of sp³-hybridized carbons (Fsp3) is 0.400. The molecule has 0 aliphatic carbocycles. The van der Waals surface area contributed by atoms with Gasteiger partial charge in [0, 0.05) is 49.8 Å². The van der Waals surface area contributed by atoms with E-state index < -0.39 is 5.60 Å². The molecule has 3 heterocycles. The Bertz CT molecular complexity index is 890. The summed E-state index contributed by atoms with van der Waals surface area (Å²) in [7, 11) is 0. The summed E-state index contributed by atoms with van der Waals surface area (Å²) in [4.78, 5) is 30.6. The maximum Gasteiger partial charge on any atom is 0.410 e. The number of piperidine rings is 1. The van der Waals surface area contributed by atoms with Crippen LogP contribution in [0.2, 0.25) is 0 Å². The number of nitrogens with zero attached hydrogens (tertiary/aromatic N) is 2. The largest absolute Gasteiger partial charge is 0.441 e. The molecule has 7 heteroatoms. The smallest absolute Gasteiger partial charge is 0.410 e. The van der Waals surface area contributed by atoms with Crippen LogP contribution in [0.15, 0.2) is 47.4 Å². The lowest BCUT2D eigenvalue weighted by atomic mass is 9.91. The summed E-state index contributed by atoms with van der Waals surface area (Å²) >= 11 is 0. The molecule has 2 aromatic rings. The van der Waals surface area contributed by atoms with Crippen LogP contribution < -0.4 is 5.56 Å². The van der Waals surface area contributed by atoms with E-state index in [9.17, 15) is 14.0 Å². The molecule has 1 amide bonds. The Morgan fingerprint density at radius 3 is 2.52 bits per heavy atom. The number of pyridine rings is 1. The van der Waals surface area contributed by atoms with Gasteiger partial charge in [-0.05, 0) is 12.1 Å². The SMILES string of the molecule is O=C1OC2(CCN(Cc3ccc[nH]c3=O)CC2)CN1Cc1ccccc1F. The molecule has 4 rings (SSSR count). The van der Waals surface area contributed by atoms with Crippen molar-refractivity contribution in [2.24, 2.45) is 0 Å². The number of aromatic amines is 1. The summed E-state index contributed by atoms with van der Waals surface area (Å²) in [5, 5.41) is 0. The van der Waals surface area contributed by atoms with E-state index in [2.05, 4.69) is 9.88 Å². The Kier molecular flexibility index (Phi) is 4.70. The minimum atomic E-state index is -0.512. The van der Waals surface area contributed by atoms with Gasteiger partial charge in [-0.15, -0.1) is 0 Å². The standard InChI is InChI=1S/C20H22FN3O3/c21-17-6-2-1-4-15(17)13-24-14-20(27-19(24)26)7-10-23(11-8-20)12-16-5-3-9-22-18(16)25/h1-6,9H,7-8,10-14H2,(H,22,25). The number of aromatic nitrogens is 1. The zero-order valence-electron chi connectivity index (χ0n) is 15.0. The monoisotopic (exact) mass is 371 g/mol. The lowest BCUT2D eigenvalue weighted by Crippen LogP contribution is -2.46. The maximum absolute atomic E-state index is 13.9. The van der Waals surface area contributed by atoms with Crippen molar-refractivity contribution in [1.82, 2.24) is 14.8 Å². The van der Waals surface area contributed by atoms with E-state index in [-0.39, 0.29) is 24.0 Å². The molecular weight excluding hydrogens is 349 g/mol. The first-order valence-electron chi connectivity index (χ1n) is 9.15. The predicted molar refractivity (Wildman–Crippen MR) is 97.6 cm³/mol. The molecule has 142 valence electrons. The van der Waals surface area contributed by atoms with Crippen molar-refractivity contribution in [3.8, 4) is 0 Å². The van der Waals surface area contributed by atoms with E-state index in [1.54, 1.807) is 29.3 Å². The quantitative estimate of drug-likeness (QED) is 0.897. The fourth-order valence-electron chi connectivity index (χ4n) is 3.85. The third-order valence-corrected chi connectivity index (χ3v) is 5.42. The van der Waals surface area contributed by atoms with Crippen LogP contribution in [0.1, 0.15) is 24.0 Å². The van der Waals surface area contributed by atoms with Crippen LogP contribution in [-0.2, 0) is 17.8 Å². The highest BCUT2D eigenvalue weighted by Crippen LogP contribution is 2.34. The molecule has 0 radical (unpaired) electrons. The van der Waals surface area contributed by atoms with Crippen LogP contribution >= 0.6 is 0 Å². The van der Waals surface area contributed by atoms with E-state index in [0.29, 0.717) is 31.5 Å². The van der Waals surface area contributed by atoms with Crippen LogP contribution in [0, 0.1) is 5.82 Å². The first kappa shape index (κ1) is 17.7. The van der Waals surface area contributed by atoms with E-state index in [0.717, 1.165) is 18.7 Å². The van der Waals surface area contributed by atoms with Gasteiger partial charge in [-0.25, -0.2) is 9.18 Å². The average Bonchev–Trinajstić information content (AvgIpc) is 2.96. The number of likely N-dealkylation sites (tertiary alicyclic amines) is 1. The summed E-state index contributed by atoms with van der Waals surface area (Å²) in [5.74, 6) is -0.311. The van der Waals surface area contributed by atoms with E-state index >= 15 is 0 Å². The number of benzene rings is 1. The zero-order chi connectivity index (χ0) is 18.9. The number of carbonyl (C=O) groups excluding carboxylic acids is 1. The van der Waals surface area contributed by atoms with Crippen LogP contribution in [0.25, 0.3) is 0 Å². The molecule has 27 heavy (non-hydrogen) atoms. The summed E-state index contributed by atoms with van der Waals surface area (Å²) in [5.41, 5.74) is 0.647. The molecule has 1 N–H and O–H groups in total. The second-order valence-electron chi connectivity index (χ2n) is 7.30. The minimum Gasteiger partial charge on any atom is -0.441 e. The third-order valence-electron chi connectivity index (χ3n) is 5.42. The molecule has 2 aliphatic heterocycles. The van der Waals surface area contributed by atoms with Crippen molar-refractivity contribution >= 4 is 6.09 Å². The normalized spacial score (nSPS) is 19.4. The number of carbonyl (C=O) groups is 1. The van der Waals surface area contributed by atoms with Gasteiger partial charge >= 0.3 is 6.09 Å². The second kappa shape index (κ2) is 7.15. The van der Waals surface area contributed by atoms with Crippen molar-refractivity contribution < 1.29 is 13.9 Å². The lowest BCUT2D eigenvalue weighted by molar-refractivity contribution is -0.00133. The number of H-pyrrole nitrogens is 1. The Morgan fingerprint density at radius 1 is 1.04 bits per heavy atom. The van der Waals surface area contributed by atoms with Crippen LogP contribution in [0.4, 0.5) is 9.18 Å². The maximum atomic E-state index is 13.9. The molecule has 1 spiro atoms. The molecule has 0 unspecified atom stereocenters. The first-order chi connectivity index (χ1) is 13.0. The van der Waals surface area contributed by atoms with Crippen LogP contribution in [-0.4, -0.2) is 46.1 Å². The molecular formula is C20H22FN3O3. The summed E-state index contributed by atoms with van der Waals surface area (Å²) in [6.07, 6.45) is 2.65. The van der Waals surface area contributed by atoms with Gasteiger partial charge in [0.1, 0.15) is 11.4 Å². The highest BCUT2D eigenvalue weighted by molar-refractivity contribution is 5.70. The number of nitrogens with one attached hydrogen (secondary N) is 1. The Labute approximate surface area is 156 Å². The predicted octanol–water partition coefficient (Wildman–Crippen LogP) is 2.50. The second-order valence-corrected chi connectivity index (χ2v) is 7.30. The number of halogens is 1. The molecule has 6 nitrogen and oxygen atoms in total. The number of hydrogen-bond acceptors (Lipinski definition) is 4. The molecule has 2 saturated heterocycles. The van der Waals surface area contributed by atoms with Gasteiger partial charge in [0.2, 0.25) is 0 Å². The van der Waals surface area contributed by atoms with Crippen molar-refractivity contribution in [1.29, 1.82) is 0 Å². The van der Waals surface area contributed by atoms with Crippen molar-refractivity contribution in [2.45, 2.75) is 31.5 Å². The summed E-state index contributed by atoms with van der Waals surface area (Å²) < 4.78 is 19.6. The zero-order valence-corrected chi connectivity index (χ0v) is 15.0. The van der Waals surface area contributed by atoms with E-state index in [4.69, 9.17) is 4.74 Å². The topological polar surface area (TPSA) is 65.6 Å². The first-order valence-corrected chi connectivity index (χ1v) is 9.15. The molecule has 0 atom stereocenters. The summed E-state index contributed by atoms with van der Waals surface area (Å²) in [6, 6.07) is 10.1. The van der Waals surface area contributed by atoms with Gasteiger partial charge in [-0.3, -0.25) is 14.6 Å². The highest BCUT2D eigenvalue weighted by atomic mass is 19.1. The molecule has 1 aromatic carbocycles. The Hall–Kier alpha value is -2.67. The van der Waals surface area contributed by atoms with Gasteiger partial charge < -0.3 is 9.72 Å².